The Morgan fingerprint density at radius 2 is 1.50 bits per heavy atom. The first kappa shape index (κ1) is 20.3. The number of hydrogen-bond donors (Lipinski definition) is 0. The average Bonchev–Trinajstić information content (AvgIpc) is 2.74. The van der Waals surface area contributed by atoms with Gasteiger partial charge in [-0.1, -0.05) is 23.7 Å². The van der Waals surface area contributed by atoms with Crippen LogP contribution in [0.4, 0.5) is 0 Å². The van der Waals surface area contributed by atoms with Gasteiger partial charge in [-0.3, -0.25) is 9.69 Å². The molecule has 1 aliphatic heterocycles. The zero-order valence-corrected chi connectivity index (χ0v) is 16.9. The van der Waals surface area contributed by atoms with Crippen LogP contribution in [0.3, 0.4) is 0 Å². The number of nitrogens with zero attached hydrogens (tertiary/aromatic N) is 2. The maximum Gasteiger partial charge on any atom is 0.260 e. The quantitative estimate of drug-likeness (QED) is 0.709. The molecule has 1 aliphatic rings. The van der Waals surface area contributed by atoms with E-state index in [1.54, 1.807) is 32.4 Å². The van der Waals surface area contributed by atoms with Crippen molar-refractivity contribution in [2.45, 2.75) is 6.54 Å². The Balaban J connectivity index is 1.47. The van der Waals surface area contributed by atoms with Gasteiger partial charge < -0.3 is 19.1 Å². The van der Waals surface area contributed by atoms with Crippen LogP contribution in [-0.2, 0) is 11.3 Å². The molecule has 1 fully saturated rings. The normalized spacial score (nSPS) is 14.6. The smallest absolute Gasteiger partial charge is 0.260 e. The topological polar surface area (TPSA) is 51.2 Å². The van der Waals surface area contributed by atoms with Crippen molar-refractivity contribution >= 4 is 17.5 Å². The van der Waals surface area contributed by atoms with Gasteiger partial charge in [-0.2, -0.15) is 0 Å². The summed E-state index contributed by atoms with van der Waals surface area (Å²) in [4.78, 5) is 16.7. The van der Waals surface area contributed by atoms with Crippen LogP contribution in [0.1, 0.15) is 5.56 Å². The lowest BCUT2D eigenvalue weighted by molar-refractivity contribution is -0.135. The second-order valence-corrected chi connectivity index (χ2v) is 7.06. The SMILES string of the molecule is COc1cc(OC)cc(OCC(=O)N2CCN(Cc3ccc(Cl)cc3)CC2)c1. The molecule has 0 atom stereocenters. The molecular formula is C21H25ClN2O4. The first-order valence-electron chi connectivity index (χ1n) is 9.18. The van der Waals surface area contributed by atoms with E-state index in [2.05, 4.69) is 4.90 Å². The lowest BCUT2D eigenvalue weighted by atomic mass is 10.2. The van der Waals surface area contributed by atoms with E-state index in [4.69, 9.17) is 25.8 Å². The van der Waals surface area contributed by atoms with E-state index in [1.165, 1.54) is 5.56 Å². The number of ether oxygens (including phenoxy) is 3. The van der Waals surface area contributed by atoms with Crippen molar-refractivity contribution in [1.29, 1.82) is 0 Å². The minimum absolute atomic E-state index is 0.00644. The summed E-state index contributed by atoms with van der Waals surface area (Å²) in [5, 5.41) is 0.743. The van der Waals surface area contributed by atoms with E-state index >= 15 is 0 Å². The van der Waals surface area contributed by atoms with Crippen LogP contribution in [0.25, 0.3) is 0 Å². The predicted octanol–water partition coefficient (Wildman–Crippen LogP) is 3.08. The minimum Gasteiger partial charge on any atom is -0.496 e. The molecule has 0 aliphatic carbocycles. The van der Waals surface area contributed by atoms with Crippen molar-refractivity contribution in [3.05, 3.63) is 53.1 Å². The summed E-state index contributed by atoms with van der Waals surface area (Å²) in [7, 11) is 3.15. The Hall–Kier alpha value is -2.44. The first-order chi connectivity index (χ1) is 13.6. The van der Waals surface area contributed by atoms with E-state index in [9.17, 15) is 4.79 Å². The van der Waals surface area contributed by atoms with Gasteiger partial charge in [0.2, 0.25) is 0 Å². The van der Waals surface area contributed by atoms with Crippen molar-refractivity contribution in [3.63, 3.8) is 0 Å². The fourth-order valence-electron chi connectivity index (χ4n) is 3.10. The molecule has 6 nitrogen and oxygen atoms in total. The fourth-order valence-corrected chi connectivity index (χ4v) is 3.23. The number of carbonyl (C=O) groups is 1. The van der Waals surface area contributed by atoms with Crippen LogP contribution in [0, 0.1) is 0 Å². The van der Waals surface area contributed by atoms with E-state index in [1.807, 2.05) is 29.2 Å². The lowest BCUT2D eigenvalue weighted by Gasteiger charge is -2.34. The molecular weight excluding hydrogens is 380 g/mol. The van der Waals surface area contributed by atoms with Crippen molar-refractivity contribution in [2.75, 3.05) is 47.0 Å². The van der Waals surface area contributed by atoms with E-state index < -0.39 is 0 Å². The Bertz CT molecular complexity index is 767. The van der Waals surface area contributed by atoms with Crippen molar-refractivity contribution in [3.8, 4) is 17.2 Å². The number of amides is 1. The fraction of sp³-hybridized carbons (Fsp3) is 0.381. The summed E-state index contributed by atoms with van der Waals surface area (Å²) >= 11 is 5.93. The number of piperazine rings is 1. The highest BCUT2D eigenvalue weighted by Crippen LogP contribution is 2.27. The van der Waals surface area contributed by atoms with Crippen molar-refractivity contribution in [1.82, 2.24) is 9.80 Å². The van der Waals surface area contributed by atoms with E-state index in [0.29, 0.717) is 30.3 Å². The third kappa shape index (κ3) is 5.53. The Morgan fingerprint density at radius 3 is 2.07 bits per heavy atom. The number of benzene rings is 2. The van der Waals surface area contributed by atoms with Crippen LogP contribution in [0.2, 0.25) is 5.02 Å². The number of carbonyl (C=O) groups excluding carboxylic acids is 1. The molecule has 1 saturated heterocycles. The highest BCUT2D eigenvalue weighted by molar-refractivity contribution is 6.30. The van der Waals surface area contributed by atoms with Crippen molar-refractivity contribution in [2.24, 2.45) is 0 Å². The van der Waals surface area contributed by atoms with Gasteiger partial charge in [0.05, 0.1) is 14.2 Å². The van der Waals surface area contributed by atoms with Gasteiger partial charge in [0, 0.05) is 55.9 Å². The summed E-state index contributed by atoms with van der Waals surface area (Å²) in [6.45, 7) is 3.91. The predicted molar refractivity (Wildman–Crippen MR) is 108 cm³/mol. The summed E-state index contributed by atoms with van der Waals surface area (Å²) in [6, 6.07) is 13.1. The Kier molecular flexibility index (Phi) is 7.01. The molecule has 150 valence electrons. The maximum absolute atomic E-state index is 12.5. The van der Waals surface area contributed by atoms with Crippen molar-refractivity contribution < 1.29 is 19.0 Å². The zero-order valence-electron chi connectivity index (χ0n) is 16.2. The molecule has 0 aromatic heterocycles. The van der Waals surface area contributed by atoms with Gasteiger partial charge in [-0.05, 0) is 17.7 Å². The monoisotopic (exact) mass is 404 g/mol. The minimum atomic E-state index is -0.0204. The molecule has 28 heavy (non-hydrogen) atoms. The molecule has 0 saturated carbocycles. The summed E-state index contributed by atoms with van der Waals surface area (Å²) in [5.41, 5.74) is 1.22. The van der Waals surface area contributed by atoms with Gasteiger partial charge in [0.1, 0.15) is 17.2 Å². The molecule has 0 N–H and O–H groups in total. The molecule has 0 spiro atoms. The van der Waals surface area contributed by atoms with Crippen LogP contribution >= 0.6 is 11.6 Å². The van der Waals surface area contributed by atoms with Crippen LogP contribution in [0.15, 0.2) is 42.5 Å². The van der Waals surface area contributed by atoms with Crippen LogP contribution in [0.5, 0.6) is 17.2 Å². The Labute approximate surface area is 170 Å². The third-order valence-corrected chi connectivity index (χ3v) is 4.98. The molecule has 3 rings (SSSR count). The Morgan fingerprint density at radius 1 is 0.929 bits per heavy atom. The first-order valence-corrected chi connectivity index (χ1v) is 9.55. The molecule has 7 heteroatoms. The molecule has 0 radical (unpaired) electrons. The second kappa shape index (κ2) is 9.66. The second-order valence-electron chi connectivity index (χ2n) is 6.62. The average molecular weight is 405 g/mol. The number of hydrogen-bond acceptors (Lipinski definition) is 5. The highest BCUT2D eigenvalue weighted by atomic mass is 35.5. The van der Waals surface area contributed by atoms with E-state index in [0.717, 1.165) is 24.7 Å². The summed E-state index contributed by atoms with van der Waals surface area (Å²) in [6.07, 6.45) is 0. The van der Waals surface area contributed by atoms with Gasteiger partial charge in [0.15, 0.2) is 6.61 Å². The number of methoxy groups -OCH3 is 2. The van der Waals surface area contributed by atoms with E-state index in [-0.39, 0.29) is 12.5 Å². The molecule has 2 aromatic carbocycles. The lowest BCUT2D eigenvalue weighted by Crippen LogP contribution is -2.49. The molecule has 0 bridgehead atoms. The summed E-state index contributed by atoms with van der Waals surface area (Å²) < 4.78 is 16.1. The number of halogens is 1. The zero-order chi connectivity index (χ0) is 19.9. The van der Waals surface area contributed by atoms with Gasteiger partial charge >= 0.3 is 0 Å². The molecule has 1 amide bonds. The molecule has 0 unspecified atom stereocenters. The summed E-state index contributed by atoms with van der Waals surface area (Å²) in [5.74, 6) is 1.77. The van der Waals surface area contributed by atoms with Gasteiger partial charge in [-0.25, -0.2) is 0 Å². The van der Waals surface area contributed by atoms with Gasteiger partial charge in [0.25, 0.3) is 5.91 Å². The maximum atomic E-state index is 12.5. The number of rotatable bonds is 7. The van der Waals surface area contributed by atoms with Gasteiger partial charge in [-0.15, -0.1) is 0 Å². The highest BCUT2D eigenvalue weighted by Gasteiger charge is 2.21. The third-order valence-electron chi connectivity index (χ3n) is 4.73. The van der Waals surface area contributed by atoms with Crippen LogP contribution < -0.4 is 14.2 Å². The largest absolute Gasteiger partial charge is 0.496 e. The standard InChI is InChI=1S/C21H25ClN2O4/c1-26-18-11-19(27-2)13-20(12-18)28-15-21(25)24-9-7-23(8-10-24)14-16-3-5-17(22)6-4-16/h3-6,11-13H,7-10,14-15H2,1-2H3. The van der Waals surface area contributed by atoms with Crippen LogP contribution in [-0.4, -0.2) is 62.7 Å². The molecule has 2 aromatic rings. The molecule has 1 heterocycles.